The lowest BCUT2D eigenvalue weighted by atomic mass is 9.81. The molecule has 19 heavy (non-hydrogen) atoms. The third-order valence-corrected chi connectivity index (χ3v) is 3.12. The standard InChI is InChI=1S/C14H16O5/c1-9(15)18-7-14(2)8-19-12-6-10(17-3)4-5-11(12)13(14)16/h4-6H,7-8H2,1-3H3/t14-/m0/s1. The zero-order chi connectivity index (χ0) is 14.0. The lowest BCUT2D eigenvalue weighted by Gasteiger charge is -2.32. The van der Waals surface area contributed by atoms with Gasteiger partial charge >= 0.3 is 5.97 Å². The van der Waals surface area contributed by atoms with Gasteiger partial charge in [-0.05, 0) is 19.1 Å². The Bertz CT molecular complexity index is 523. The van der Waals surface area contributed by atoms with Crippen LogP contribution >= 0.6 is 0 Å². The van der Waals surface area contributed by atoms with Crippen LogP contribution in [0.25, 0.3) is 0 Å². The van der Waals surface area contributed by atoms with E-state index in [1.165, 1.54) is 6.92 Å². The number of carbonyl (C=O) groups is 2. The average molecular weight is 264 g/mol. The van der Waals surface area contributed by atoms with E-state index in [-0.39, 0.29) is 19.0 Å². The first-order valence-electron chi connectivity index (χ1n) is 5.95. The van der Waals surface area contributed by atoms with Gasteiger partial charge in [-0.15, -0.1) is 0 Å². The fraction of sp³-hybridized carbons (Fsp3) is 0.429. The molecule has 0 aromatic heterocycles. The number of hydrogen-bond acceptors (Lipinski definition) is 5. The second kappa shape index (κ2) is 4.91. The summed E-state index contributed by atoms with van der Waals surface area (Å²) in [5, 5.41) is 0. The molecule has 102 valence electrons. The van der Waals surface area contributed by atoms with Crippen molar-refractivity contribution >= 4 is 11.8 Å². The van der Waals surface area contributed by atoms with Gasteiger partial charge < -0.3 is 14.2 Å². The molecule has 0 aliphatic carbocycles. The van der Waals surface area contributed by atoms with Crippen LogP contribution in [0, 0.1) is 5.41 Å². The van der Waals surface area contributed by atoms with Gasteiger partial charge in [-0.1, -0.05) is 0 Å². The van der Waals surface area contributed by atoms with Gasteiger partial charge in [0.2, 0.25) is 0 Å². The molecule has 1 atom stereocenters. The highest BCUT2D eigenvalue weighted by Crippen LogP contribution is 2.36. The van der Waals surface area contributed by atoms with Crippen LogP contribution in [0.1, 0.15) is 24.2 Å². The van der Waals surface area contributed by atoms with Crippen LogP contribution in [0.3, 0.4) is 0 Å². The third kappa shape index (κ3) is 2.54. The van der Waals surface area contributed by atoms with E-state index in [0.717, 1.165) is 0 Å². The van der Waals surface area contributed by atoms with Crippen molar-refractivity contribution in [2.24, 2.45) is 5.41 Å². The van der Waals surface area contributed by atoms with Crippen molar-refractivity contribution in [3.63, 3.8) is 0 Å². The van der Waals surface area contributed by atoms with Crippen LogP contribution < -0.4 is 9.47 Å². The van der Waals surface area contributed by atoms with E-state index in [9.17, 15) is 9.59 Å². The van der Waals surface area contributed by atoms with Gasteiger partial charge in [0.15, 0.2) is 5.78 Å². The number of rotatable bonds is 3. The SMILES string of the molecule is COc1ccc2c(c1)OC[C@](C)(COC(C)=O)C2=O. The van der Waals surface area contributed by atoms with Gasteiger partial charge in [0, 0.05) is 13.0 Å². The monoisotopic (exact) mass is 264 g/mol. The molecule has 5 heteroatoms. The van der Waals surface area contributed by atoms with Crippen LogP contribution in [0.5, 0.6) is 11.5 Å². The molecule has 1 aliphatic rings. The maximum atomic E-state index is 12.4. The fourth-order valence-electron chi connectivity index (χ4n) is 1.93. The molecule has 1 heterocycles. The molecule has 0 N–H and O–H groups in total. The van der Waals surface area contributed by atoms with Crippen LogP contribution in [-0.4, -0.2) is 32.1 Å². The number of ketones is 1. The van der Waals surface area contributed by atoms with Gasteiger partial charge in [0.05, 0.1) is 18.1 Å². The molecular formula is C14H16O5. The molecule has 1 aromatic carbocycles. The van der Waals surface area contributed by atoms with E-state index >= 15 is 0 Å². The molecule has 1 aliphatic heterocycles. The smallest absolute Gasteiger partial charge is 0.302 e. The van der Waals surface area contributed by atoms with Crippen molar-refractivity contribution in [1.82, 2.24) is 0 Å². The van der Waals surface area contributed by atoms with E-state index in [0.29, 0.717) is 17.1 Å². The molecule has 0 unspecified atom stereocenters. The number of hydrogen-bond donors (Lipinski definition) is 0. The zero-order valence-electron chi connectivity index (χ0n) is 11.2. The lowest BCUT2D eigenvalue weighted by molar-refractivity contribution is -0.143. The number of carbonyl (C=O) groups excluding carboxylic acids is 2. The maximum absolute atomic E-state index is 12.4. The summed E-state index contributed by atoms with van der Waals surface area (Å²) in [7, 11) is 1.55. The van der Waals surface area contributed by atoms with Crippen molar-refractivity contribution in [3.8, 4) is 11.5 Å². The highest BCUT2D eigenvalue weighted by molar-refractivity contribution is 6.04. The summed E-state index contributed by atoms with van der Waals surface area (Å²) in [4.78, 5) is 23.3. The Morgan fingerprint density at radius 2 is 2.21 bits per heavy atom. The highest BCUT2D eigenvalue weighted by Gasteiger charge is 2.41. The Morgan fingerprint density at radius 3 is 2.84 bits per heavy atom. The number of benzene rings is 1. The zero-order valence-corrected chi connectivity index (χ0v) is 11.2. The van der Waals surface area contributed by atoms with Crippen molar-refractivity contribution in [1.29, 1.82) is 0 Å². The van der Waals surface area contributed by atoms with Gasteiger partial charge in [0.25, 0.3) is 0 Å². The number of methoxy groups -OCH3 is 1. The molecular weight excluding hydrogens is 248 g/mol. The Morgan fingerprint density at radius 1 is 1.47 bits per heavy atom. The molecule has 5 nitrogen and oxygen atoms in total. The minimum atomic E-state index is -0.840. The second-order valence-electron chi connectivity index (χ2n) is 4.82. The van der Waals surface area contributed by atoms with E-state index in [2.05, 4.69) is 0 Å². The molecule has 0 amide bonds. The quantitative estimate of drug-likeness (QED) is 0.779. The first kappa shape index (κ1) is 13.4. The second-order valence-corrected chi connectivity index (χ2v) is 4.82. The highest BCUT2D eigenvalue weighted by atomic mass is 16.5. The van der Waals surface area contributed by atoms with E-state index in [4.69, 9.17) is 14.2 Å². The fourth-order valence-corrected chi connectivity index (χ4v) is 1.93. The van der Waals surface area contributed by atoms with Gasteiger partial charge in [-0.2, -0.15) is 0 Å². The summed E-state index contributed by atoms with van der Waals surface area (Å²) in [6.07, 6.45) is 0. The average Bonchev–Trinajstić information content (AvgIpc) is 2.41. The van der Waals surface area contributed by atoms with Crippen LogP contribution in [0.4, 0.5) is 0 Å². The summed E-state index contributed by atoms with van der Waals surface area (Å²) in [6, 6.07) is 5.05. The molecule has 1 aromatic rings. The Balaban J connectivity index is 2.26. The number of esters is 1. The summed E-state index contributed by atoms with van der Waals surface area (Å²) in [5.74, 6) is 0.645. The topological polar surface area (TPSA) is 61.8 Å². The van der Waals surface area contributed by atoms with E-state index < -0.39 is 11.4 Å². The van der Waals surface area contributed by atoms with Crippen molar-refractivity contribution in [2.75, 3.05) is 20.3 Å². The Hall–Kier alpha value is -2.04. The largest absolute Gasteiger partial charge is 0.497 e. The summed E-state index contributed by atoms with van der Waals surface area (Å²) >= 11 is 0. The third-order valence-electron chi connectivity index (χ3n) is 3.12. The van der Waals surface area contributed by atoms with Gasteiger partial charge in [0.1, 0.15) is 24.7 Å². The predicted octanol–water partition coefficient (Wildman–Crippen LogP) is 1.84. The van der Waals surface area contributed by atoms with Crippen LogP contribution in [0.2, 0.25) is 0 Å². The molecule has 2 rings (SSSR count). The molecule has 0 spiro atoms. The Labute approximate surface area is 111 Å². The summed E-state index contributed by atoms with van der Waals surface area (Å²) in [5.41, 5.74) is -0.352. The molecule has 0 saturated carbocycles. The Kier molecular flexibility index (Phi) is 3.46. The lowest BCUT2D eigenvalue weighted by Crippen LogP contribution is -2.42. The summed E-state index contributed by atoms with van der Waals surface area (Å²) in [6.45, 7) is 3.24. The van der Waals surface area contributed by atoms with Crippen LogP contribution in [0.15, 0.2) is 18.2 Å². The number of ether oxygens (including phenoxy) is 3. The predicted molar refractivity (Wildman–Crippen MR) is 67.6 cm³/mol. The number of Topliss-reactive ketones (excluding diaryl/α,β-unsaturated/α-hetero) is 1. The molecule has 0 saturated heterocycles. The minimum Gasteiger partial charge on any atom is -0.497 e. The normalized spacial score (nSPS) is 21.3. The molecule has 0 radical (unpaired) electrons. The maximum Gasteiger partial charge on any atom is 0.302 e. The van der Waals surface area contributed by atoms with Gasteiger partial charge in [-0.3, -0.25) is 9.59 Å². The van der Waals surface area contributed by atoms with Crippen LogP contribution in [-0.2, 0) is 9.53 Å². The van der Waals surface area contributed by atoms with Crippen molar-refractivity contribution in [3.05, 3.63) is 23.8 Å². The van der Waals surface area contributed by atoms with E-state index in [1.54, 1.807) is 32.2 Å². The first-order chi connectivity index (χ1) is 8.96. The minimum absolute atomic E-state index is 0.0205. The van der Waals surface area contributed by atoms with Crippen molar-refractivity contribution < 1.29 is 23.8 Å². The first-order valence-corrected chi connectivity index (χ1v) is 5.95. The summed E-state index contributed by atoms with van der Waals surface area (Å²) < 4.78 is 15.6. The van der Waals surface area contributed by atoms with Crippen molar-refractivity contribution in [2.45, 2.75) is 13.8 Å². The molecule has 0 fully saturated rings. The van der Waals surface area contributed by atoms with E-state index in [1.807, 2.05) is 0 Å². The number of fused-ring (bicyclic) bond motifs is 1. The molecule has 0 bridgehead atoms. The van der Waals surface area contributed by atoms with Gasteiger partial charge in [-0.25, -0.2) is 0 Å².